The van der Waals surface area contributed by atoms with Crippen molar-refractivity contribution in [3.63, 3.8) is 0 Å². The molecule has 1 saturated heterocycles. The van der Waals surface area contributed by atoms with Crippen LogP contribution < -0.4 is 5.32 Å². The molecule has 7 nitrogen and oxygen atoms in total. The average Bonchev–Trinajstić information content (AvgIpc) is 2.92. The maximum atomic E-state index is 12.1. The van der Waals surface area contributed by atoms with Gasteiger partial charge in [-0.1, -0.05) is 6.92 Å². The first-order chi connectivity index (χ1) is 9.35. The number of likely N-dealkylation sites (tertiary alicyclic amines) is 1. The van der Waals surface area contributed by atoms with Crippen LogP contribution in [0.4, 0.5) is 4.79 Å². The molecule has 0 aromatic heterocycles. The molecule has 1 aliphatic heterocycles. The van der Waals surface area contributed by atoms with E-state index in [2.05, 4.69) is 10.1 Å². The molecule has 2 atom stereocenters. The zero-order valence-corrected chi connectivity index (χ0v) is 12.1. The molecule has 2 N–H and O–H groups in total. The van der Waals surface area contributed by atoms with E-state index in [-0.39, 0.29) is 6.54 Å². The highest BCUT2D eigenvalue weighted by molar-refractivity contribution is 5.84. The van der Waals surface area contributed by atoms with Gasteiger partial charge >= 0.3 is 18.0 Å². The number of carboxylic acid groups (broad SMARTS) is 1. The molecule has 0 aromatic carbocycles. The van der Waals surface area contributed by atoms with Gasteiger partial charge in [-0.05, 0) is 26.2 Å². The minimum absolute atomic E-state index is 0.0298. The molecule has 0 bridgehead atoms. The third-order valence-electron chi connectivity index (χ3n) is 3.91. The zero-order chi connectivity index (χ0) is 15.3. The first-order valence-electron chi connectivity index (χ1n) is 6.71. The molecule has 0 aliphatic carbocycles. The van der Waals surface area contributed by atoms with E-state index in [1.807, 2.05) is 0 Å². The number of carbonyl (C=O) groups excluding carboxylic acids is 2. The van der Waals surface area contributed by atoms with Crippen LogP contribution in [-0.4, -0.2) is 54.2 Å². The maximum Gasteiger partial charge on any atom is 0.328 e. The highest BCUT2D eigenvalue weighted by Gasteiger charge is 2.37. The molecular formula is C13H22N2O5. The molecule has 0 aromatic rings. The largest absolute Gasteiger partial charge is 0.481 e. The fraction of sp³-hybridized carbons (Fsp3) is 0.769. The van der Waals surface area contributed by atoms with Gasteiger partial charge in [-0.25, -0.2) is 9.59 Å². The van der Waals surface area contributed by atoms with Gasteiger partial charge in [-0.15, -0.1) is 0 Å². The van der Waals surface area contributed by atoms with Crippen LogP contribution >= 0.6 is 0 Å². The number of aliphatic carboxylic acids is 1. The molecule has 1 heterocycles. The Labute approximate surface area is 118 Å². The van der Waals surface area contributed by atoms with Crippen molar-refractivity contribution < 1.29 is 24.2 Å². The third-order valence-corrected chi connectivity index (χ3v) is 3.91. The predicted molar refractivity (Wildman–Crippen MR) is 71.2 cm³/mol. The quantitative estimate of drug-likeness (QED) is 0.730. The second-order valence-electron chi connectivity index (χ2n) is 5.25. The van der Waals surface area contributed by atoms with Gasteiger partial charge in [-0.3, -0.25) is 4.79 Å². The molecule has 1 fully saturated rings. The molecule has 0 saturated carbocycles. The van der Waals surface area contributed by atoms with Gasteiger partial charge in [0.15, 0.2) is 0 Å². The second kappa shape index (κ2) is 6.58. The Morgan fingerprint density at radius 3 is 2.60 bits per heavy atom. The Bertz CT molecular complexity index is 398. The van der Waals surface area contributed by atoms with Crippen molar-refractivity contribution >= 4 is 18.0 Å². The molecule has 114 valence electrons. The maximum absolute atomic E-state index is 12.1. The Balaban J connectivity index is 2.62. The van der Waals surface area contributed by atoms with Crippen molar-refractivity contribution in [2.24, 2.45) is 5.41 Å². The van der Waals surface area contributed by atoms with Crippen molar-refractivity contribution in [2.45, 2.75) is 39.2 Å². The fourth-order valence-electron chi connectivity index (χ4n) is 2.11. The van der Waals surface area contributed by atoms with Crippen molar-refractivity contribution in [2.75, 3.05) is 20.2 Å². The smallest absolute Gasteiger partial charge is 0.328 e. The summed E-state index contributed by atoms with van der Waals surface area (Å²) < 4.78 is 4.66. The van der Waals surface area contributed by atoms with Crippen molar-refractivity contribution in [3.05, 3.63) is 0 Å². The first-order valence-corrected chi connectivity index (χ1v) is 6.71. The van der Waals surface area contributed by atoms with Crippen LogP contribution in [0.1, 0.15) is 33.1 Å². The topological polar surface area (TPSA) is 95.9 Å². The summed E-state index contributed by atoms with van der Waals surface area (Å²) >= 11 is 0. The Morgan fingerprint density at radius 2 is 2.10 bits per heavy atom. The number of methoxy groups -OCH3 is 1. The number of rotatable bonds is 5. The lowest BCUT2D eigenvalue weighted by Crippen LogP contribution is -2.49. The molecule has 0 radical (unpaired) electrons. The number of ether oxygens (including phenoxy) is 1. The number of amides is 2. The molecule has 20 heavy (non-hydrogen) atoms. The number of carbonyl (C=O) groups is 3. The zero-order valence-electron chi connectivity index (χ0n) is 12.1. The van der Waals surface area contributed by atoms with Crippen LogP contribution in [0, 0.1) is 5.41 Å². The monoisotopic (exact) mass is 286 g/mol. The van der Waals surface area contributed by atoms with Crippen LogP contribution in [0.3, 0.4) is 0 Å². The standard InChI is InChI=1S/C13H22N2O5/c1-4-13(2,11(17)18)8-14-12(19)15-7-5-6-9(15)10(16)20-3/h9H,4-8H2,1-3H3,(H,14,19)(H,17,18). The van der Waals surface area contributed by atoms with Crippen molar-refractivity contribution in [1.82, 2.24) is 10.2 Å². The number of carboxylic acids is 1. The summed E-state index contributed by atoms with van der Waals surface area (Å²) in [5.41, 5.74) is -1.00. The van der Waals surface area contributed by atoms with E-state index < -0.39 is 29.4 Å². The van der Waals surface area contributed by atoms with E-state index in [1.54, 1.807) is 13.8 Å². The second-order valence-corrected chi connectivity index (χ2v) is 5.25. The molecule has 2 amide bonds. The Hall–Kier alpha value is -1.79. The Kier molecular flexibility index (Phi) is 5.35. The summed E-state index contributed by atoms with van der Waals surface area (Å²) in [4.78, 5) is 36.2. The average molecular weight is 286 g/mol. The van der Waals surface area contributed by atoms with Gasteiger partial charge in [0.2, 0.25) is 0 Å². The SMILES string of the molecule is CCC(C)(CNC(=O)N1CCCC1C(=O)OC)C(=O)O. The van der Waals surface area contributed by atoms with Crippen molar-refractivity contribution in [3.8, 4) is 0 Å². The van der Waals surface area contributed by atoms with Gasteiger partial charge in [0.25, 0.3) is 0 Å². The summed E-state index contributed by atoms with van der Waals surface area (Å²) in [5, 5.41) is 11.8. The third kappa shape index (κ3) is 3.40. The molecule has 7 heteroatoms. The number of hydrogen-bond donors (Lipinski definition) is 2. The van der Waals surface area contributed by atoms with Crippen LogP contribution in [0.5, 0.6) is 0 Å². The van der Waals surface area contributed by atoms with E-state index in [0.717, 1.165) is 6.42 Å². The van der Waals surface area contributed by atoms with Gasteiger partial charge in [0.1, 0.15) is 6.04 Å². The number of hydrogen-bond acceptors (Lipinski definition) is 4. The van der Waals surface area contributed by atoms with Crippen LogP contribution in [0.25, 0.3) is 0 Å². The summed E-state index contributed by atoms with van der Waals surface area (Å²) in [6, 6.07) is -0.989. The van der Waals surface area contributed by atoms with E-state index in [1.165, 1.54) is 12.0 Å². The Morgan fingerprint density at radius 1 is 1.45 bits per heavy atom. The van der Waals surface area contributed by atoms with E-state index in [0.29, 0.717) is 19.4 Å². The molecular weight excluding hydrogens is 264 g/mol. The summed E-state index contributed by atoms with van der Waals surface area (Å²) in [6.07, 6.45) is 1.71. The van der Waals surface area contributed by atoms with Crippen LogP contribution in [-0.2, 0) is 14.3 Å². The molecule has 0 spiro atoms. The van der Waals surface area contributed by atoms with Gasteiger partial charge < -0.3 is 20.1 Å². The summed E-state index contributed by atoms with van der Waals surface area (Å²) in [7, 11) is 1.29. The van der Waals surface area contributed by atoms with E-state index in [9.17, 15) is 14.4 Å². The van der Waals surface area contributed by atoms with Gasteiger partial charge in [-0.2, -0.15) is 0 Å². The highest BCUT2D eigenvalue weighted by atomic mass is 16.5. The summed E-state index contributed by atoms with van der Waals surface area (Å²) in [5.74, 6) is -1.39. The minimum Gasteiger partial charge on any atom is -0.481 e. The lowest BCUT2D eigenvalue weighted by Gasteiger charge is -2.27. The lowest BCUT2D eigenvalue weighted by atomic mass is 9.88. The highest BCUT2D eigenvalue weighted by Crippen LogP contribution is 2.21. The number of esters is 1. The van der Waals surface area contributed by atoms with Crippen molar-refractivity contribution in [1.29, 1.82) is 0 Å². The molecule has 2 unspecified atom stereocenters. The first kappa shape index (κ1) is 16.3. The van der Waals surface area contributed by atoms with E-state index >= 15 is 0 Å². The summed E-state index contributed by atoms with van der Waals surface area (Å²) in [6.45, 7) is 3.84. The van der Waals surface area contributed by atoms with Crippen LogP contribution in [0.2, 0.25) is 0 Å². The van der Waals surface area contributed by atoms with Crippen LogP contribution in [0.15, 0.2) is 0 Å². The van der Waals surface area contributed by atoms with Gasteiger partial charge in [0, 0.05) is 13.1 Å². The number of nitrogens with one attached hydrogen (secondary N) is 1. The normalized spacial score (nSPS) is 21.1. The predicted octanol–water partition coefficient (Wildman–Crippen LogP) is 0.834. The number of nitrogens with zero attached hydrogens (tertiary/aromatic N) is 1. The van der Waals surface area contributed by atoms with Gasteiger partial charge in [0.05, 0.1) is 12.5 Å². The minimum atomic E-state index is -1.00. The van der Waals surface area contributed by atoms with E-state index in [4.69, 9.17) is 5.11 Å². The lowest BCUT2D eigenvalue weighted by molar-refractivity contribution is -0.148. The fourth-order valence-corrected chi connectivity index (χ4v) is 2.11. The molecule has 1 rings (SSSR count). The molecule has 1 aliphatic rings. The number of urea groups is 1.